The Hall–Kier alpha value is -2.77. The van der Waals surface area contributed by atoms with Gasteiger partial charge in [-0.25, -0.2) is 0 Å². The molecule has 0 aromatic rings. The molecule has 17 unspecified atom stereocenters. The summed E-state index contributed by atoms with van der Waals surface area (Å²) < 4.78 is 34.5. The average Bonchev–Trinajstić information content (AvgIpc) is 0.783. The molecule has 19 nitrogen and oxygen atoms in total. The third-order valence-electron chi connectivity index (χ3n) is 20.0. The highest BCUT2D eigenvalue weighted by Crippen LogP contribution is 2.33. The molecule has 3 fully saturated rings. The molecule has 12 N–H and O–H groups in total. The van der Waals surface area contributed by atoms with Gasteiger partial charge in [-0.05, 0) is 64.2 Å². The zero-order valence-electron chi connectivity index (χ0n) is 62.9. The van der Waals surface area contributed by atoms with Gasteiger partial charge in [-0.3, -0.25) is 4.79 Å². The van der Waals surface area contributed by atoms with E-state index in [1.54, 1.807) is 0 Å². The summed E-state index contributed by atoms with van der Waals surface area (Å²) in [6.07, 6.45) is 54.1. The second kappa shape index (κ2) is 62.3. The van der Waals surface area contributed by atoms with E-state index in [4.69, 9.17) is 28.4 Å². The second-order valence-corrected chi connectivity index (χ2v) is 28.9. The number of hydrogen-bond acceptors (Lipinski definition) is 18. The first kappa shape index (κ1) is 92.4. The molecule has 0 aromatic heterocycles. The first-order valence-electron chi connectivity index (χ1n) is 40.7. The van der Waals surface area contributed by atoms with Crippen LogP contribution in [0.3, 0.4) is 0 Å². The number of ether oxygens (including phenoxy) is 6. The van der Waals surface area contributed by atoms with Crippen LogP contribution in [-0.4, -0.2) is 193 Å². The van der Waals surface area contributed by atoms with Crippen molar-refractivity contribution in [1.29, 1.82) is 0 Å². The van der Waals surface area contributed by atoms with Crippen LogP contribution >= 0.6 is 0 Å². The van der Waals surface area contributed by atoms with Crippen molar-refractivity contribution in [3.05, 3.63) is 72.9 Å². The maximum absolute atomic E-state index is 13.5. The molecule has 0 aliphatic carbocycles. The number of carbonyl (C=O) groups excluding carboxylic acids is 1. The van der Waals surface area contributed by atoms with Crippen LogP contribution in [0.15, 0.2) is 72.9 Å². The van der Waals surface area contributed by atoms with Crippen molar-refractivity contribution in [2.45, 2.75) is 413 Å². The maximum Gasteiger partial charge on any atom is 0.220 e. The van der Waals surface area contributed by atoms with Crippen molar-refractivity contribution in [2.24, 2.45) is 0 Å². The molecule has 3 saturated heterocycles. The molecule has 0 saturated carbocycles. The van der Waals surface area contributed by atoms with E-state index in [1.165, 1.54) is 186 Å². The summed E-state index contributed by atoms with van der Waals surface area (Å²) in [5.74, 6) is -0.242. The molecule has 0 bridgehead atoms. The monoisotopic (exact) mass is 1430 g/mol. The highest BCUT2D eigenvalue weighted by molar-refractivity contribution is 5.76. The average molecular weight is 1440 g/mol. The van der Waals surface area contributed by atoms with Gasteiger partial charge in [0.15, 0.2) is 18.9 Å². The number of unbranched alkanes of at least 4 members (excludes halogenated alkanes) is 36. The zero-order chi connectivity index (χ0) is 73.2. The first-order chi connectivity index (χ1) is 49.3. The van der Waals surface area contributed by atoms with Gasteiger partial charge in [0.2, 0.25) is 5.91 Å². The normalized spacial score (nSPS) is 26.7. The second-order valence-electron chi connectivity index (χ2n) is 28.9. The van der Waals surface area contributed by atoms with Crippen molar-refractivity contribution in [3.8, 4) is 0 Å². The molecule has 0 radical (unpaired) electrons. The fraction of sp³-hybridized carbons (Fsp3) is 0.841. The fourth-order valence-corrected chi connectivity index (χ4v) is 13.6. The highest BCUT2D eigenvalue weighted by atomic mass is 16.8. The Bertz CT molecular complexity index is 2110. The summed E-state index contributed by atoms with van der Waals surface area (Å²) in [4.78, 5) is 13.5. The van der Waals surface area contributed by atoms with Crippen LogP contribution in [0.2, 0.25) is 0 Å². The minimum Gasteiger partial charge on any atom is -0.394 e. The Labute approximate surface area is 610 Å². The maximum atomic E-state index is 13.5. The van der Waals surface area contributed by atoms with Gasteiger partial charge in [0, 0.05) is 6.42 Å². The lowest BCUT2D eigenvalue weighted by Crippen LogP contribution is -2.66. The Balaban J connectivity index is 1.36. The van der Waals surface area contributed by atoms with E-state index in [2.05, 4.69) is 92.1 Å². The fourth-order valence-electron chi connectivity index (χ4n) is 13.6. The number of nitrogens with one attached hydrogen (secondary N) is 1. The van der Waals surface area contributed by atoms with Crippen LogP contribution in [-0.2, 0) is 33.2 Å². The molecule has 0 aromatic carbocycles. The molecular weight excluding hydrogens is 1290 g/mol. The quantitative estimate of drug-likeness (QED) is 0.0199. The van der Waals surface area contributed by atoms with Crippen LogP contribution in [0.4, 0.5) is 0 Å². The van der Waals surface area contributed by atoms with Gasteiger partial charge in [0.1, 0.15) is 73.2 Å². The Morgan fingerprint density at radius 1 is 0.366 bits per heavy atom. The summed E-state index contributed by atoms with van der Waals surface area (Å²) in [6.45, 7) is 1.72. The van der Waals surface area contributed by atoms with Gasteiger partial charge in [-0.15, -0.1) is 0 Å². The number of allylic oxidation sites excluding steroid dienone is 12. The lowest BCUT2D eigenvalue weighted by atomic mass is 9.96. The van der Waals surface area contributed by atoms with Crippen LogP contribution < -0.4 is 5.32 Å². The molecular formula is C82H147NO18. The van der Waals surface area contributed by atoms with E-state index in [-0.39, 0.29) is 18.9 Å². The van der Waals surface area contributed by atoms with Gasteiger partial charge in [-0.2, -0.15) is 0 Å². The molecule has 588 valence electrons. The predicted molar refractivity (Wildman–Crippen MR) is 401 cm³/mol. The number of carbonyl (C=O) groups is 1. The number of hydrogen-bond donors (Lipinski definition) is 12. The van der Waals surface area contributed by atoms with E-state index in [0.717, 1.165) is 89.9 Å². The molecule has 17 atom stereocenters. The Morgan fingerprint density at radius 3 is 1.07 bits per heavy atom. The van der Waals surface area contributed by atoms with E-state index in [9.17, 15) is 61.0 Å². The van der Waals surface area contributed by atoms with Crippen molar-refractivity contribution in [1.82, 2.24) is 5.32 Å². The number of aliphatic hydroxyl groups is 11. The third kappa shape index (κ3) is 42.4. The molecule has 3 aliphatic rings. The van der Waals surface area contributed by atoms with Crippen molar-refractivity contribution >= 4 is 5.91 Å². The van der Waals surface area contributed by atoms with Gasteiger partial charge in [-0.1, -0.05) is 311 Å². The van der Waals surface area contributed by atoms with Crippen LogP contribution in [0.25, 0.3) is 0 Å². The summed E-state index contributed by atoms with van der Waals surface area (Å²) in [7, 11) is 0. The molecule has 3 rings (SSSR count). The standard InChI is InChI=1S/C82H147NO18/c1-3-5-7-9-11-13-15-17-19-21-23-25-27-28-29-30-31-32-33-34-35-36-38-40-42-44-46-48-50-52-54-56-58-60-70(88)83-65(66(87)59-57-55-53-51-49-47-45-43-41-39-37-26-24-22-20-18-16-14-12-10-8-6-4-2)64-96-80-76(94)73(91)78(68(62-85)98-80)101-82-77(95)74(92)79(69(63-86)99-82)100-81-75(93)72(90)71(89)67(61-84)97-81/h5,7,11,13,17,19,23,25,28-29,31-32,65-69,71-82,84-87,89-95H,3-4,6,8-10,12,14-16,18,20-22,24,26-27,30,33-64H2,1-2H3,(H,83,88)/b7-5-,13-11-,19-17-,25-23-,29-28-,32-31-. The molecule has 19 heteroatoms. The first-order valence-corrected chi connectivity index (χ1v) is 40.7. The SMILES string of the molecule is CC/C=C\C/C=C\C/C=C\C/C=C\C/C=C\C/C=C\CCCCCCCCCCCCCCCCC(=O)NC(COC1OC(CO)C(OC2OC(CO)C(OC3OC(CO)C(O)C(O)C3O)C(O)C2O)C(O)C1O)C(O)CCCCCCCCCCCCCCCCCCCCCCCCC. The van der Waals surface area contributed by atoms with E-state index in [1.807, 2.05) is 0 Å². The third-order valence-corrected chi connectivity index (χ3v) is 20.0. The minimum atomic E-state index is -1.97. The zero-order valence-corrected chi connectivity index (χ0v) is 62.9. The summed E-state index contributed by atoms with van der Waals surface area (Å²) in [6, 6.07) is -0.892. The summed E-state index contributed by atoms with van der Waals surface area (Å²) in [5.41, 5.74) is 0. The van der Waals surface area contributed by atoms with Crippen LogP contribution in [0.1, 0.15) is 309 Å². The van der Waals surface area contributed by atoms with Crippen LogP contribution in [0.5, 0.6) is 0 Å². The smallest absolute Gasteiger partial charge is 0.220 e. The van der Waals surface area contributed by atoms with Crippen molar-refractivity contribution in [3.63, 3.8) is 0 Å². The van der Waals surface area contributed by atoms with E-state index < -0.39 is 124 Å². The Kier molecular flexibility index (Phi) is 57.0. The molecule has 1 amide bonds. The largest absolute Gasteiger partial charge is 0.394 e. The number of amides is 1. The molecule has 101 heavy (non-hydrogen) atoms. The van der Waals surface area contributed by atoms with Gasteiger partial charge >= 0.3 is 0 Å². The predicted octanol–water partition coefficient (Wildman–Crippen LogP) is 13.6. The molecule has 3 aliphatic heterocycles. The summed E-state index contributed by atoms with van der Waals surface area (Å²) in [5, 5.41) is 121. The van der Waals surface area contributed by atoms with Gasteiger partial charge < -0.3 is 89.9 Å². The molecule has 0 spiro atoms. The summed E-state index contributed by atoms with van der Waals surface area (Å²) >= 11 is 0. The van der Waals surface area contributed by atoms with E-state index in [0.29, 0.717) is 12.8 Å². The van der Waals surface area contributed by atoms with Crippen molar-refractivity contribution in [2.75, 3.05) is 26.4 Å². The lowest BCUT2D eigenvalue weighted by Gasteiger charge is -2.48. The van der Waals surface area contributed by atoms with Gasteiger partial charge in [0.05, 0.1) is 38.6 Å². The highest BCUT2D eigenvalue weighted by Gasteiger charge is 2.54. The van der Waals surface area contributed by atoms with Crippen LogP contribution in [0, 0.1) is 0 Å². The van der Waals surface area contributed by atoms with E-state index >= 15 is 0 Å². The van der Waals surface area contributed by atoms with Gasteiger partial charge in [0.25, 0.3) is 0 Å². The number of aliphatic hydroxyl groups excluding tert-OH is 11. The molecule has 3 heterocycles. The number of rotatable bonds is 64. The topological polar surface area (TPSA) is 307 Å². The lowest BCUT2D eigenvalue weighted by molar-refractivity contribution is -0.379. The van der Waals surface area contributed by atoms with Crippen molar-refractivity contribution < 1.29 is 89.4 Å². The minimum absolute atomic E-state index is 0.242. The Morgan fingerprint density at radius 2 is 0.683 bits per heavy atom.